The van der Waals surface area contributed by atoms with E-state index in [0.717, 1.165) is 51.6 Å². The lowest BCUT2D eigenvalue weighted by Gasteiger charge is -2.07. The Labute approximate surface area is 181 Å². The van der Waals surface area contributed by atoms with Gasteiger partial charge in [-0.2, -0.15) is 10.2 Å². The number of rotatable bonds is 6. The number of hydrogen-bond acceptors (Lipinski definition) is 4. The van der Waals surface area contributed by atoms with Crippen LogP contribution in [0.5, 0.6) is 0 Å². The van der Waals surface area contributed by atoms with E-state index in [4.69, 9.17) is 9.52 Å². The van der Waals surface area contributed by atoms with Gasteiger partial charge in [0, 0.05) is 48.5 Å². The van der Waals surface area contributed by atoms with Crippen molar-refractivity contribution in [2.45, 2.75) is 26.9 Å². The predicted octanol–water partition coefficient (Wildman–Crippen LogP) is 4.93. The first-order valence-corrected chi connectivity index (χ1v) is 10.4. The zero-order chi connectivity index (χ0) is 21.4. The Morgan fingerprint density at radius 3 is 2.52 bits per heavy atom. The van der Waals surface area contributed by atoms with Gasteiger partial charge in [-0.25, -0.2) is 4.68 Å². The number of benzene rings is 2. The molecule has 0 fully saturated rings. The number of aromatic nitrogens is 4. The number of aryl methyl sites for hydroxylation is 2. The third kappa shape index (κ3) is 3.66. The molecule has 0 radical (unpaired) electrons. The van der Waals surface area contributed by atoms with Crippen LogP contribution in [-0.2, 0) is 20.1 Å². The summed E-state index contributed by atoms with van der Waals surface area (Å²) in [7, 11) is 1.94. The van der Waals surface area contributed by atoms with Crippen molar-refractivity contribution < 1.29 is 4.42 Å². The number of furan rings is 1. The molecular weight excluding hydrogens is 386 g/mol. The van der Waals surface area contributed by atoms with Crippen molar-refractivity contribution in [3.05, 3.63) is 89.4 Å². The highest BCUT2D eigenvalue weighted by atomic mass is 16.3. The smallest absolute Gasteiger partial charge is 0.156 e. The van der Waals surface area contributed by atoms with Gasteiger partial charge in [0.25, 0.3) is 0 Å². The van der Waals surface area contributed by atoms with Crippen LogP contribution in [0.25, 0.3) is 28.1 Å². The highest BCUT2D eigenvalue weighted by Gasteiger charge is 2.16. The van der Waals surface area contributed by atoms with Crippen molar-refractivity contribution in [3.63, 3.8) is 0 Å². The summed E-state index contributed by atoms with van der Waals surface area (Å²) < 4.78 is 9.89. The Bertz CT molecular complexity index is 1310. The van der Waals surface area contributed by atoms with E-state index in [2.05, 4.69) is 48.5 Å². The lowest BCUT2D eigenvalue weighted by Crippen LogP contribution is -2.14. The van der Waals surface area contributed by atoms with Gasteiger partial charge < -0.3 is 9.73 Å². The second kappa shape index (κ2) is 7.89. The average Bonchev–Trinajstić information content (AvgIpc) is 3.45. The summed E-state index contributed by atoms with van der Waals surface area (Å²) in [6.07, 6.45) is 2.04. The van der Waals surface area contributed by atoms with Crippen LogP contribution in [0, 0.1) is 13.8 Å². The van der Waals surface area contributed by atoms with Crippen molar-refractivity contribution in [3.8, 4) is 17.1 Å². The molecule has 2 aromatic carbocycles. The van der Waals surface area contributed by atoms with Crippen molar-refractivity contribution in [2.75, 3.05) is 0 Å². The van der Waals surface area contributed by atoms with Gasteiger partial charge in [0.1, 0.15) is 11.3 Å². The molecule has 31 heavy (non-hydrogen) atoms. The normalized spacial score (nSPS) is 11.5. The second-order valence-electron chi connectivity index (χ2n) is 7.83. The van der Waals surface area contributed by atoms with Crippen LogP contribution in [-0.4, -0.2) is 19.6 Å². The first-order valence-electron chi connectivity index (χ1n) is 10.4. The van der Waals surface area contributed by atoms with E-state index in [1.165, 1.54) is 5.56 Å². The van der Waals surface area contributed by atoms with Crippen LogP contribution in [0.3, 0.4) is 0 Å². The van der Waals surface area contributed by atoms with Crippen LogP contribution < -0.4 is 5.32 Å². The first-order chi connectivity index (χ1) is 15.1. The number of nitrogens with one attached hydrogen (secondary N) is 1. The molecule has 5 aromatic rings. The summed E-state index contributed by atoms with van der Waals surface area (Å²) in [6.45, 7) is 5.61. The molecule has 0 aliphatic rings. The molecule has 0 atom stereocenters. The fourth-order valence-electron chi connectivity index (χ4n) is 4.05. The van der Waals surface area contributed by atoms with Crippen LogP contribution in [0.1, 0.15) is 22.5 Å². The minimum absolute atomic E-state index is 0.690. The van der Waals surface area contributed by atoms with Gasteiger partial charge in [0.05, 0.1) is 11.4 Å². The molecule has 3 heterocycles. The van der Waals surface area contributed by atoms with Gasteiger partial charge in [0.2, 0.25) is 0 Å². The van der Waals surface area contributed by atoms with Crippen molar-refractivity contribution in [1.82, 2.24) is 24.9 Å². The highest BCUT2D eigenvalue weighted by Crippen LogP contribution is 2.29. The van der Waals surface area contributed by atoms with E-state index < -0.39 is 0 Å². The van der Waals surface area contributed by atoms with Gasteiger partial charge in [-0.15, -0.1) is 0 Å². The topological polar surface area (TPSA) is 60.8 Å². The molecular formula is C25H25N5O. The number of fused-ring (bicyclic) bond motifs is 1. The lowest BCUT2D eigenvalue weighted by molar-refractivity contribution is 0.622. The van der Waals surface area contributed by atoms with E-state index in [-0.39, 0.29) is 0 Å². The molecule has 6 heteroatoms. The Hall–Kier alpha value is -3.64. The zero-order valence-corrected chi connectivity index (χ0v) is 18.0. The van der Waals surface area contributed by atoms with E-state index in [1.807, 2.05) is 59.0 Å². The monoisotopic (exact) mass is 411 g/mol. The van der Waals surface area contributed by atoms with E-state index >= 15 is 0 Å². The molecule has 5 rings (SSSR count). The molecule has 0 saturated heterocycles. The fourth-order valence-corrected chi connectivity index (χ4v) is 4.05. The quantitative estimate of drug-likeness (QED) is 0.431. The van der Waals surface area contributed by atoms with Gasteiger partial charge >= 0.3 is 0 Å². The molecule has 0 bridgehead atoms. The Balaban J connectivity index is 1.35. The molecule has 0 saturated carbocycles. The largest absolute Gasteiger partial charge is 0.454 e. The Kier molecular flexibility index (Phi) is 4.92. The molecule has 3 aromatic heterocycles. The molecule has 0 aliphatic heterocycles. The Morgan fingerprint density at radius 1 is 0.935 bits per heavy atom. The molecule has 0 amide bonds. The minimum Gasteiger partial charge on any atom is -0.454 e. The van der Waals surface area contributed by atoms with E-state index in [9.17, 15) is 0 Å². The fraction of sp³-hybridized carbons (Fsp3) is 0.200. The second-order valence-corrected chi connectivity index (χ2v) is 7.83. The van der Waals surface area contributed by atoms with Crippen LogP contribution in [0.4, 0.5) is 0 Å². The minimum atomic E-state index is 0.690. The van der Waals surface area contributed by atoms with E-state index in [1.54, 1.807) is 0 Å². The molecule has 0 unspecified atom stereocenters. The SMILES string of the molecule is Cc1nn(-c2ccccc2)c(C)c1CNCc1cn(C)nc1-c1cc2ccccc2o1. The first kappa shape index (κ1) is 19.3. The van der Waals surface area contributed by atoms with Gasteiger partial charge in [-0.1, -0.05) is 36.4 Å². The molecule has 0 spiro atoms. The van der Waals surface area contributed by atoms with Crippen LogP contribution >= 0.6 is 0 Å². The van der Waals surface area contributed by atoms with E-state index in [0.29, 0.717) is 6.54 Å². The number of nitrogens with zero attached hydrogens (tertiary/aromatic N) is 4. The maximum Gasteiger partial charge on any atom is 0.156 e. The highest BCUT2D eigenvalue weighted by molar-refractivity contribution is 5.82. The molecule has 6 nitrogen and oxygen atoms in total. The maximum atomic E-state index is 6.05. The van der Waals surface area contributed by atoms with Crippen LogP contribution in [0.15, 0.2) is 71.3 Å². The summed E-state index contributed by atoms with van der Waals surface area (Å²) in [4.78, 5) is 0. The third-order valence-electron chi connectivity index (χ3n) is 5.62. The summed E-state index contributed by atoms with van der Waals surface area (Å²) >= 11 is 0. The van der Waals surface area contributed by atoms with Gasteiger partial charge in [-0.3, -0.25) is 4.68 Å². The number of para-hydroxylation sites is 2. The zero-order valence-electron chi connectivity index (χ0n) is 18.0. The van der Waals surface area contributed by atoms with Crippen LogP contribution in [0.2, 0.25) is 0 Å². The predicted molar refractivity (Wildman–Crippen MR) is 122 cm³/mol. The number of hydrogen-bond donors (Lipinski definition) is 1. The Morgan fingerprint density at radius 2 is 1.71 bits per heavy atom. The molecule has 0 aliphatic carbocycles. The summed E-state index contributed by atoms with van der Waals surface area (Å²) in [5.74, 6) is 0.794. The average molecular weight is 412 g/mol. The van der Waals surface area contributed by atoms with Crippen molar-refractivity contribution in [1.29, 1.82) is 0 Å². The maximum absolute atomic E-state index is 6.05. The van der Waals surface area contributed by atoms with Gasteiger partial charge in [-0.05, 0) is 38.1 Å². The summed E-state index contributed by atoms with van der Waals surface area (Å²) in [5.41, 5.74) is 7.35. The summed E-state index contributed by atoms with van der Waals surface area (Å²) in [6, 6.07) is 20.3. The van der Waals surface area contributed by atoms with Crippen molar-refractivity contribution in [2.24, 2.45) is 7.05 Å². The lowest BCUT2D eigenvalue weighted by atomic mass is 10.1. The van der Waals surface area contributed by atoms with Gasteiger partial charge in [0.15, 0.2) is 5.76 Å². The summed E-state index contributed by atoms with van der Waals surface area (Å²) in [5, 5.41) is 14.1. The third-order valence-corrected chi connectivity index (χ3v) is 5.62. The molecule has 156 valence electrons. The molecule has 1 N–H and O–H groups in total. The standard InChI is InChI=1S/C25H25N5O/c1-17-22(18(2)30(27-17)21-10-5-4-6-11-21)15-26-14-20-16-29(3)28-25(20)24-13-19-9-7-8-12-23(19)31-24/h4-13,16,26H,14-15H2,1-3H3. The van der Waals surface area contributed by atoms with Crippen molar-refractivity contribution >= 4 is 11.0 Å².